The van der Waals surface area contributed by atoms with E-state index in [1.807, 2.05) is 36.4 Å². The number of nitrogens with zero attached hydrogens (tertiary/aromatic N) is 2. The summed E-state index contributed by atoms with van der Waals surface area (Å²) in [6.45, 7) is 2.04. The molecule has 1 aliphatic carbocycles. The van der Waals surface area contributed by atoms with Crippen LogP contribution in [0.25, 0.3) is 11.1 Å². The molecule has 0 saturated carbocycles. The Morgan fingerprint density at radius 3 is 2.32 bits per heavy atom. The number of carboxylic acids is 1. The van der Waals surface area contributed by atoms with Crippen LogP contribution in [0.2, 0.25) is 0 Å². The van der Waals surface area contributed by atoms with Gasteiger partial charge in [-0.05, 0) is 28.2 Å². The van der Waals surface area contributed by atoms with Crippen molar-refractivity contribution in [2.45, 2.75) is 19.3 Å². The molecule has 1 aromatic heterocycles. The first-order valence-electron chi connectivity index (χ1n) is 11.0. The van der Waals surface area contributed by atoms with Crippen LogP contribution in [0.3, 0.4) is 0 Å². The molecule has 2 amide bonds. The molecule has 4 rings (SSSR count). The van der Waals surface area contributed by atoms with Crippen molar-refractivity contribution in [1.29, 1.82) is 0 Å². The number of ether oxygens (including phenoxy) is 1. The Labute approximate surface area is 196 Å². The number of hydrogen-bond acceptors (Lipinski definition) is 5. The zero-order valence-electron chi connectivity index (χ0n) is 18.9. The minimum atomic E-state index is -0.933. The van der Waals surface area contributed by atoms with E-state index in [1.54, 1.807) is 14.0 Å². The molecule has 34 heavy (non-hydrogen) atoms. The number of carboxylic acid groups (broad SMARTS) is 1. The Kier molecular flexibility index (Phi) is 6.62. The van der Waals surface area contributed by atoms with Gasteiger partial charge in [0.15, 0.2) is 5.69 Å². The van der Waals surface area contributed by atoms with Crippen LogP contribution in [0.5, 0.6) is 0 Å². The molecule has 1 atom stereocenters. The Morgan fingerprint density at radius 2 is 1.71 bits per heavy atom. The molecule has 0 aliphatic heterocycles. The number of amides is 2. The average Bonchev–Trinajstić information content (AvgIpc) is 3.33. The summed E-state index contributed by atoms with van der Waals surface area (Å²) in [6, 6.07) is 16.1. The third-order valence-corrected chi connectivity index (χ3v) is 5.76. The lowest BCUT2D eigenvalue weighted by Crippen LogP contribution is -2.30. The van der Waals surface area contributed by atoms with Gasteiger partial charge in [-0.1, -0.05) is 55.5 Å². The first-order chi connectivity index (χ1) is 16.3. The van der Waals surface area contributed by atoms with Crippen molar-refractivity contribution in [2.24, 2.45) is 13.0 Å². The third kappa shape index (κ3) is 4.93. The van der Waals surface area contributed by atoms with Gasteiger partial charge in [0.05, 0.1) is 5.69 Å². The molecule has 1 heterocycles. The fourth-order valence-electron chi connectivity index (χ4n) is 4.21. The number of aliphatic carboxylic acids is 1. The average molecular weight is 463 g/mol. The highest BCUT2D eigenvalue weighted by atomic mass is 16.5. The molecule has 0 saturated heterocycles. The molecule has 176 valence electrons. The zero-order chi connectivity index (χ0) is 24.2. The fourth-order valence-corrected chi connectivity index (χ4v) is 4.21. The minimum absolute atomic E-state index is 0.0264. The zero-order valence-corrected chi connectivity index (χ0v) is 18.9. The summed E-state index contributed by atoms with van der Waals surface area (Å²) < 4.78 is 6.96. The minimum Gasteiger partial charge on any atom is -0.481 e. The van der Waals surface area contributed by atoms with Gasteiger partial charge in [-0.2, -0.15) is 5.10 Å². The summed E-state index contributed by atoms with van der Waals surface area (Å²) in [5.74, 6) is -1.77. The largest absolute Gasteiger partial charge is 0.481 e. The van der Waals surface area contributed by atoms with Gasteiger partial charge in [0.2, 0.25) is 0 Å². The molecule has 0 bridgehead atoms. The second-order valence-electron chi connectivity index (χ2n) is 8.43. The van der Waals surface area contributed by atoms with Gasteiger partial charge >= 0.3 is 12.1 Å². The molecule has 0 radical (unpaired) electrons. The first-order valence-corrected chi connectivity index (χ1v) is 11.0. The summed E-state index contributed by atoms with van der Waals surface area (Å²) in [4.78, 5) is 36.0. The van der Waals surface area contributed by atoms with Crippen molar-refractivity contribution in [3.63, 3.8) is 0 Å². The molecular formula is C25H26N4O5. The molecule has 3 aromatic rings. The van der Waals surface area contributed by atoms with Crippen molar-refractivity contribution in [2.75, 3.05) is 18.5 Å². The van der Waals surface area contributed by atoms with E-state index in [0.717, 1.165) is 22.3 Å². The Bertz CT molecular complexity index is 1190. The normalized spacial score (nSPS) is 13.0. The van der Waals surface area contributed by atoms with E-state index < -0.39 is 18.0 Å². The molecule has 2 aromatic carbocycles. The number of aryl methyl sites for hydroxylation is 1. The smallest absolute Gasteiger partial charge is 0.411 e. The van der Waals surface area contributed by atoms with E-state index in [9.17, 15) is 14.4 Å². The van der Waals surface area contributed by atoms with Crippen molar-refractivity contribution in [1.82, 2.24) is 15.1 Å². The lowest BCUT2D eigenvalue weighted by atomic mass is 9.98. The number of nitrogens with one attached hydrogen (secondary N) is 2. The van der Waals surface area contributed by atoms with E-state index in [4.69, 9.17) is 9.84 Å². The van der Waals surface area contributed by atoms with Crippen LogP contribution in [0, 0.1) is 5.92 Å². The summed E-state index contributed by atoms with van der Waals surface area (Å²) >= 11 is 0. The number of fused-ring (bicyclic) bond motifs is 3. The maximum absolute atomic E-state index is 12.6. The highest BCUT2D eigenvalue weighted by molar-refractivity contribution is 6.00. The number of rotatable bonds is 8. The lowest BCUT2D eigenvalue weighted by Gasteiger charge is -2.14. The van der Waals surface area contributed by atoms with Crippen LogP contribution in [-0.2, 0) is 16.6 Å². The summed E-state index contributed by atoms with van der Waals surface area (Å²) in [5, 5.41) is 18.2. The second kappa shape index (κ2) is 9.78. The van der Waals surface area contributed by atoms with Crippen LogP contribution < -0.4 is 10.6 Å². The predicted molar refractivity (Wildman–Crippen MR) is 126 cm³/mol. The maximum atomic E-state index is 12.6. The number of hydrogen-bond donors (Lipinski definition) is 3. The van der Waals surface area contributed by atoms with Gasteiger partial charge in [-0.3, -0.25) is 19.6 Å². The quantitative estimate of drug-likeness (QED) is 0.470. The van der Waals surface area contributed by atoms with Gasteiger partial charge in [-0.25, -0.2) is 4.79 Å². The Balaban J connectivity index is 1.40. The van der Waals surface area contributed by atoms with Crippen molar-refractivity contribution >= 4 is 23.7 Å². The Hall–Kier alpha value is -4.14. The highest BCUT2D eigenvalue weighted by Crippen LogP contribution is 2.44. The van der Waals surface area contributed by atoms with Crippen molar-refractivity contribution in [3.8, 4) is 11.1 Å². The second-order valence-corrected chi connectivity index (χ2v) is 8.43. The summed E-state index contributed by atoms with van der Waals surface area (Å²) in [5.41, 5.74) is 4.72. The topological polar surface area (TPSA) is 123 Å². The molecule has 0 fully saturated rings. The molecular weight excluding hydrogens is 436 g/mol. The fraction of sp³-hybridized carbons (Fsp3) is 0.280. The van der Waals surface area contributed by atoms with E-state index in [0.29, 0.717) is 0 Å². The van der Waals surface area contributed by atoms with E-state index in [2.05, 4.69) is 27.9 Å². The number of anilines is 1. The predicted octanol–water partition coefficient (Wildman–Crippen LogP) is 3.62. The molecule has 1 unspecified atom stereocenters. The molecule has 3 N–H and O–H groups in total. The number of carbonyl (C=O) groups excluding carboxylic acids is 2. The summed E-state index contributed by atoms with van der Waals surface area (Å²) in [7, 11) is 1.63. The van der Waals surface area contributed by atoms with Gasteiger partial charge < -0.3 is 15.2 Å². The molecule has 9 nitrogen and oxygen atoms in total. The van der Waals surface area contributed by atoms with Gasteiger partial charge in [-0.15, -0.1) is 0 Å². The van der Waals surface area contributed by atoms with Crippen LogP contribution in [0.1, 0.15) is 40.9 Å². The van der Waals surface area contributed by atoms with E-state index in [1.165, 1.54) is 10.9 Å². The van der Waals surface area contributed by atoms with Gasteiger partial charge in [0.1, 0.15) is 6.61 Å². The summed E-state index contributed by atoms with van der Waals surface area (Å²) in [6.07, 6.45) is 0.757. The van der Waals surface area contributed by atoms with Gasteiger partial charge in [0.25, 0.3) is 5.91 Å². The molecule has 9 heteroatoms. The van der Waals surface area contributed by atoms with Crippen LogP contribution >= 0.6 is 0 Å². The van der Waals surface area contributed by atoms with Crippen LogP contribution in [0.4, 0.5) is 10.5 Å². The third-order valence-electron chi connectivity index (χ3n) is 5.76. The maximum Gasteiger partial charge on any atom is 0.411 e. The highest BCUT2D eigenvalue weighted by Gasteiger charge is 2.29. The van der Waals surface area contributed by atoms with Crippen LogP contribution in [0.15, 0.2) is 54.7 Å². The van der Waals surface area contributed by atoms with Crippen molar-refractivity contribution in [3.05, 3.63) is 71.5 Å². The monoisotopic (exact) mass is 462 g/mol. The lowest BCUT2D eigenvalue weighted by molar-refractivity contribution is -0.137. The standard InChI is InChI=1S/C25H26N4O5/c1-15(11-22(30)31)12-26-24(32)23-21(13-29(2)28-23)27-25(33)34-14-20-18-9-5-3-7-16(18)17-8-4-6-10-19(17)20/h3-10,13,15,20H,11-12,14H2,1-2H3,(H,26,32)(H,27,33)(H,30,31). The molecule has 0 spiro atoms. The number of aromatic nitrogens is 2. The van der Waals surface area contributed by atoms with Crippen molar-refractivity contribution < 1.29 is 24.2 Å². The SMILES string of the molecule is CC(CNC(=O)c1nn(C)cc1NC(=O)OCC1c2ccccc2-c2ccccc21)CC(=O)O. The molecule has 1 aliphatic rings. The number of carbonyl (C=O) groups is 3. The Morgan fingerprint density at radius 1 is 1.09 bits per heavy atom. The van der Waals surface area contributed by atoms with E-state index in [-0.39, 0.29) is 42.8 Å². The van der Waals surface area contributed by atoms with E-state index >= 15 is 0 Å². The van der Waals surface area contributed by atoms with Gasteiger partial charge in [0, 0.05) is 32.1 Å². The first kappa shape index (κ1) is 23.0. The van der Waals surface area contributed by atoms with Crippen LogP contribution in [-0.4, -0.2) is 46.0 Å². The number of benzene rings is 2.